The number of rotatable bonds is 8. The van der Waals surface area contributed by atoms with Gasteiger partial charge in [-0.25, -0.2) is 4.39 Å². The first kappa shape index (κ1) is 23.8. The summed E-state index contributed by atoms with van der Waals surface area (Å²) in [7, 11) is 0. The fourth-order valence-electron chi connectivity index (χ4n) is 5.72. The van der Waals surface area contributed by atoms with E-state index in [0.29, 0.717) is 42.3 Å². The van der Waals surface area contributed by atoms with Crippen molar-refractivity contribution in [2.24, 2.45) is 0 Å². The van der Waals surface area contributed by atoms with Gasteiger partial charge in [0.15, 0.2) is 0 Å². The summed E-state index contributed by atoms with van der Waals surface area (Å²) >= 11 is 0. The Balaban J connectivity index is 1.16. The van der Waals surface area contributed by atoms with Gasteiger partial charge in [-0.05, 0) is 74.7 Å². The second kappa shape index (κ2) is 10.1. The summed E-state index contributed by atoms with van der Waals surface area (Å²) in [6.45, 7) is 3.62. The van der Waals surface area contributed by atoms with Gasteiger partial charge in [0, 0.05) is 35.2 Å². The Bertz CT molecular complexity index is 1300. The topological polar surface area (TPSA) is 68.2 Å². The standard InChI is InChI=1S/C30H30FNO5/c31-25-10-12-26(36-21-5-3-19(4-6-21)17-32-13-1-2-14-32)24-9-11-27(30(24)25)37-22-7-8-23-20(15-29(33)34)18-35-28(23)16-22/h3-8,10,12,16,20,27H,1-2,9,11,13-15,17-18H2,(H,33,34)/t20-,27-/m1/s1. The molecule has 3 aliphatic rings. The van der Waals surface area contributed by atoms with Gasteiger partial charge >= 0.3 is 5.97 Å². The molecule has 1 saturated heterocycles. The lowest BCUT2D eigenvalue weighted by molar-refractivity contribution is -0.137. The zero-order chi connectivity index (χ0) is 25.4. The van der Waals surface area contributed by atoms with Gasteiger partial charge in [0.2, 0.25) is 0 Å². The molecule has 0 bridgehead atoms. The van der Waals surface area contributed by atoms with Crippen LogP contribution in [0.2, 0.25) is 0 Å². The molecule has 0 spiro atoms. The SMILES string of the molecule is O=C(O)C[C@@H]1COc2cc(O[C@@H]3CCc4c(Oc5ccc(CN6CCCC6)cc5)ccc(F)c43)ccc21. The fraction of sp³-hybridized carbons (Fsp3) is 0.367. The third-order valence-electron chi connectivity index (χ3n) is 7.56. The van der Waals surface area contributed by atoms with Gasteiger partial charge in [0.05, 0.1) is 13.0 Å². The zero-order valence-corrected chi connectivity index (χ0v) is 20.6. The summed E-state index contributed by atoms with van der Waals surface area (Å²) in [5, 5.41) is 9.11. The summed E-state index contributed by atoms with van der Waals surface area (Å²) in [6.07, 6.45) is 3.43. The Labute approximate surface area is 215 Å². The van der Waals surface area contributed by atoms with Gasteiger partial charge in [0.1, 0.15) is 34.9 Å². The van der Waals surface area contributed by atoms with Gasteiger partial charge in [-0.2, -0.15) is 0 Å². The van der Waals surface area contributed by atoms with Crippen LogP contribution in [0.5, 0.6) is 23.0 Å². The van der Waals surface area contributed by atoms with Crippen LogP contribution in [0.4, 0.5) is 4.39 Å². The number of hydrogen-bond acceptors (Lipinski definition) is 5. The van der Waals surface area contributed by atoms with Crippen molar-refractivity contribution in [2.75, 3.05) is 19.7 Å². The summed E-state index contributed by atoms with van der Waals surface area (Å²) in [4.78, 5) is 13.6. The molecule has 0 unspecified atom stereocenters. The monoisotopic (exact) mass is 503 g/mol. The Morgan fingerprint density at radius 2 is 1.84 bits per heavy atom. The molecule has 2 aliphatic heterocycles. The maximum atomic E-state index is 15.0. The van der Waals surface area contributed by atoms with Crippen molar-refractivity contribution in [3.63, 3.8) is 0 Å². The van der Waals surface area contributed by atoms with Crippen molar-refractivity contribution in [3.8, 4) is 23.0 Å². The molecule has 1 N–H and O–H groups in total. The number of carboxylic acids is 1. The number of fused-ring (bicyclic) bond motifs is 2. The lowest BCUT2D eigenvalue weighted by Crippen LogP contribution is -2.18. The molecular weight excluding hydrogens is 473 g/mol. The smallest absolute Gasteiger partial charge is 0.304 e. The maximum Gasteiger partial charge on any atom is 0.304 e. The predicted molar refractivity (Wildman–Crippen MR) is 136 cm³/mol. The van der Waals surface area contributed by atoms with Crippen molar-refractivity contribution < 1.29 is 28.5 Å². The number of carboxylic acid groups (broad SMARTS) is 1. The summed E-state index contributed by atoms with van der Waals surface area (Å²) in [5.74, 6) is 1.28. The molecule has 0 aromatic heterocycles. The zero-order valence-electron chi connectivity index (χ0n) is 20.6. The lowest BCUT2D eigenvalue weighted by atomic mass is 9.98. The van der Waals surface area contributed by atoms with E-state index in [0.717, 1.165) is 36.5 Å². The molecule has 6 rings (SSSR count). The molecule has 2 atom stereocenters. The number of nitrogens with zero attached hydrogens (tertiary/aromatic N) is 1. The normalized spacial score (nSPS) is 20.4. The number of ether oxygens (including phenoxy) is 3. The third kappa shape index (κ3) is 5.01. The van der Waals surface area contributed by atoms with Gasteiger partial charge in [-0.15, -0.1) is 0 Å². The maximum absolute atomic E-state index is 15.0. The molecule has 0 amide bonds. The molecule has 6 nitrogen and oxygen atoms in total. The minimum absolute atomic E-state index is 0.0262. The highest BCUT2D eigenvalue weighted by molar-refractivity contribution is 5.68. The van der Waals surface area contributed by atoms with Crippen LogP contribution in [0.1, 0.15) is 60.0 Å². The van der Waals surface area contributed by atoms with Crippen molar-refractivity contribution in [3.05, 3.63) is 82.7 Å². The van der Waals surface area contributed by atoms with Gasteiger partial charge in [-0.1, -0.05) is 18.2 Å². The highest BCUT2D eigenvalue weighted by atomic mass is 19.1. The second-order valence-corrected chi connectivity index (χ2v) is 10.1. The second-order valence-electron chi connectivity index (χ2n) is 10.1. The number of benzene rings is 3. The number of likely N-dealkylation sites (tertiary alicyclic amines) is 1. The van der Waals surface area contributed by atoms with Crippen LogP contribution in [-0.4, -0.2) is 35.7 Å². The Morgan fingerprint density at radius 3 is 2.62 bits per heavy atom. The number of halogens is 1. The first-order valence-corrected chi connectivity index (χ1v) is 13.0. The predicted octanol–water partition coefficient (Wildman–Crippen LogP) is 6.23. The first-order valence-electron chi connectivity index (χ1n) is 13.0. The third-order valence-corrected chi connectivity index (χ3v) is 7.56. The summed E-state index contributed by atoms with van der Waals surface area (Å²) in [6, 6.07) is 16.7. The molecule has 1 fully saturated rings. The van der Waals surface area contributed by atoms with Crippen molar-refractivity contribution in [2.45, 2.75) is 50.7 Å². The molecule has 2 heterocycles. The van der Waals surface area contributed by atoms with Gasteiger partial charge in [0.25, 0.3) is 0 Å². The number of aliphatic carboxylic acids is 1. The van der Waals surface area contributed by atoms with Crippen molar-refractivity contribution in [1.82, 2.24) is 4.90 Å². The van der Waals surface area contributed by atoms with E-state index in [1.807, 2.05) is 24.3 Å². The average molecular weight is 504 g/mol. The van der Waals surface area contributed by atoms with E-state index in [-0.39, 0.29) is 18.2 Å². The summed E-state index contributed by atoms with van der Waals surface area (Å²) in [5.41, 5.74) is 3.51. The van der Waals surface area contributed by atoms with Crippen LogP contribution in [0.3, 0.4) is 0 Å². The fourth-order valence-corrected chi connectivity index (χ4v) is 5.72. The van der Waals surface area contributed by atoms with E-state index in [2.05, 4.69) is 17.0 Å². The number of carbonyl (C=O) groups is 1. The van der Waals surface area contributed by atoms with Crippen LogP contribution in [0.15, 0.2) is 54.6 Å². The first-order chi connectivity index (χ1) is 18.0. The Morgan fingerprint density at radius 1 is 1.05 bits per heavy atom. The van der Waals surface area contributed by atoms with Crippen molar-refractivity contribution in [1.29, 1.82) is 0 Å². The van der Waals surface area contributed by atoms with Gasteiger partial charge in [-0.3, -0.25) is 9.69 Å². The minimum Gasteiger partial charge on any atom is -0.492 e. The van der Waals surface area contributed by atoms with Crippen LogP contribution in [-0.2, 0) is 17.8 Å². The molecule has 37 heavy (non-hydrogen) atoms. The molecule has 7 heteroatoms. The molecule has 3 aromatic rings. The van der Waals surface area contributed by atoms with E-state index >= 15 is 0 Å². The van der Waals surface area contributed by atoms with E-state index in [4.69, 9.17) is 19.3 Å². The van der Waals surface area contributed by atoms with Crippen LogP contribution in [0, 0.1) is 5.82 Å². The van der Waals surface area contributed by atoms with E-state index in [9.17, 15) is 9.18 Å². The molecular formula is C30H30FNO5. The Kier molecular flexibility index (Phi) is 6.47. The van der Waals surface area contributed by atoms with E-state index in [1.54, 1.807) is 12.1 Å². The highest BCUT2D eigenvalue weighted by Gasteiger charge is 2.32. The average Bonchev–Trinajstić information content (AvgIpc) is 3.63. The molecule has 1 aliphatic carbocycles. The van der Waals surface area contributed by atoms with E-state index < -0.39 is 12.1 Å². The molecule has 0 radical (unpaired) electrons. The minimum atomic E-state index is -0.851. The largest absolute Gasteiger partial charge is 0.492 e. The van der Waals surface area contributed by atoms with Crippen LogP contribution in [0.25, 0.3) is 0 Å². The number of hydrogen-bond donors (Lipinski definition) is 1. The van der Waals surface area contributed by atoms with Gasteiger partial charge < -0.3 is 19.3 Å². The summed E-state index contributed by atoms with van der Waals surface area (Å²) < 4.78 is 33.1. The highest BCUT2D eigenvalue weighted by Crippen LogP contribution is 2.44. The van der Waals surface area contributed by atoms with Crippen LogP contribution >= 0.6 is 0 Å². The molecule has 0 saturated carbocycles. The quantitative estimate of drug-likeness (QED) is 0.393. The molecule has 192 valence electrons. The molecule has 3 aromatic carbocycles. The van der Waals surface area contributed by atoms with Crippen molar-refractivity contribution >= 4 is 5.97 Å². The van der Waals surface area contributed by atoms with Crippen LogP contribution < -0.4 is 14.2 Å². The van der Waals surface area contributed by atoms with E-state index in [1.165, 1.54) is 24.5 Å². The lowest BCUT2D eigenvalue weighted by Gasteiger charge is -2.18. The Hall–Kier alpha value is -3.58.